The Balaban J connectivity index is 1.90. The number of thiophene rings is 1. The van der Waals surface area contributed by atoms with Crippen LogP contribution in [0.5, 0.6) is 0 Å². The van der Waals surface area contributed by atoms with Crippen LogP contribution in [0.2, 0.25) is 0 Å². The molecule has 5 heteroatoms. The van der Waals surface area contributed by atoms with Crippen molar-refractivity contribution in [1.29, 1.82) is 0 Å². The highest BCUT2D eigenvalue weighted by Crippen LogP contribution is 2.40. The first-order valence-electron chi connectivity index (χ1n) is 6.89. The average molecular weight is 276 g/mol. The van der Waals surface area contributed by atoms with E-state index in [1.807, 2.05) is 0 Å². The van der Waals surface area contributed by atoms with Gasteiger partial charge in [0.2, 0.25) is 5.95 Å². The van der Waals surface area contributed by atoms with Crippen molar-refractivity contribution < 1.29 is 0 Å². The van der Waals surface area contributed by atoms with Gasteiger partial charge in [0.05, 0.1) is 5.39 Å². The molecule has 4 nitrogen and oxygen atoms in total. The fourth-order valence-corrected chi connectivity index (χ4v) is 3.53. The summed E-state index contributed by atoms with van der Waals surface area (Å²) in [6.07, 6.45) is 4.97. The lowest BCUT2D eigenvalue weighted by molar-refractivity contribution is 0.180. The third kappa shape index (κ3) is 2.39. The molecule has 3 rings (SSSR count). The first-order valence-corrected chi connectivity index (χ1v) is 7.71. The number of anilines is 2. The van der Waals surface area contributed by atoms with E-state index in [9.17, 15) is 0 Å². The summed E-state index contributed by atoms with van der Waals surface area (Å²) in [4.78, 5) is 11.0. The van der Waals surface area contributed by atoms with Gasteiger partial charge in [0.25, 0.3) is 0 Å². The van der Waals surface area contributed by atoms with Crippen molar-refractivity contribution in [2.45, 2.75) is 39.5 Å². The number of hydrogen-bond acceptors (Lipinski definition) is 5. The number of rotatable bonds is 4. The van der Waals surface area contributed by atoms with Crippen LogP contribution in [0.4, 0.5) is 11.8 Å². The van der Waals surface area contributed by atoms with Gasteiger partial charge in [-0.25, -0.2) is 4.98 Å². The minimum absolute atomic E-state index is 0.360. The number of hydrogen-bond donors (Lipinski definition) is 2. The maximum absolute atomic E-state index is 5.81. The number of nitrogen functional groups attached to an aromatic ring is 1. The first kappa shape index (κ1) is 12.7. The SMILES string of the molecule is CCc1cc2c(NCC3(C)CCC3)nc(N)nc2s1. The van der Waals surface area contributed by atoms with Crippen LogP contribution in [0.25, 0.3) is 10.2 Å². The number of aromatic nitrogens is 2. The van der Waals surface area contributed by atoms with Crippen molar-refractivity contribution in [2.24, 2.45) is 5.41 Å². The normalized spacial score (nSPS) is 17.4. The zero-order valence-electron chi connectivity index (χ0n) is 11.5. The van der Waals surface area contributed by atoms with Gasteiger partial charge in [-0.05, 0) is 30.7 Å². The lowest BCUT2D eigenvalue weighted by Gasteiger charge is -2.38. The summed E-state index contributed by atoms with van der Waals surface area (Å²) in [5, 5.41) is 4.59. The van der Waals surface area contributed by atoms with Gasteiger partial charge in [-0.2, -0.15) is 4.98 Å². The molecule has 0 saturated heterocycles. The minimum Gasteiger partial charge on any atom is -0.369 e. The molecule has 102 valence electrons. The molecule has 1 saturated carbocycles. The number of nitrogens with zero attached hydrogens (tertiary/aromatic N) is 2. The molecule has 19 heavy (non-hydrogen) atoms. The van der Waals surface area contributed by atoms with Crippen molar-refractivity contribution in [3.63, 3.8) is 0 Å². The summed E-state index contributed by atoms with van der Waals surface area (Å²) in [6.45, 7) is 5.45. The number of aryl methyl sites for hydroxylation is 1. The Morgan fingerprint density at radius 1 is 1.42 bits per heavy atom. The zero-order valence-corrected chi connectivity index (χ0v) is 12.3. The van der Waals surface area contributed by atoms with E-state index in [0.717, 1.165) is 29.0 Å². The van der Waals surface area contributed by atoms with Crippen LogP contribution in [0, 0.1) is 5.41 Å². The molecule has 0 amide bonds. The Kier molecular flexibility index (Phi) is 3.09. The molecule has 0 unspecified atom stereocenters. The Bertz CT molecular complexity index is 601. The predicted molar refractivity (Wildman–Crippen MR) is 81.7 cm³/mol. The molecule has 0 aromatic carbocycles. The van der Waals surface area contributed by atoms with Crippen molar-refractivity contribution >= 4 is 33.3 Å². The summed E-state index contributed by atoms with van der Waals surface area (Å²) in [5.74, 6) is 1.25. The van der Waals surface area contributed by atoms with E-state index >= 15 is 0 Å². The Hall–Kier alpha value is -1.36. The van der Waals surface area contributed by atoms with Gasteiger partial charge >= 0.3 is 0 Å². The molecule has 0 radical (unpaired) electrons. The van der Waals surface area contributed by atoms with E-state index in [2.05, 4.69) is 35.2 Å². The number of nitrogens with two attached hydrogens (primary N) is 1. The van der Waals surface area contributed by atoms with Gasteiger partial charge in [0.15, 0.2) is 0 Å². The van der Waals surface area contributed by atoms with Gasteiger partial charge in [0, 0.05) is 11.4 Å². The quantitative estimate of drug-likeness (QED) is 0.898. The van der Waals surface area contributed by atoms with E-state index in [4.69, 9.17) is 5.73 Å². The molecule has 0 atom stereocenters. The molecule has 0 spiro atoms. The lowest BCUT2D eigenvalue weighted by atomic mass is 9.70. The van der Waals surface area contributed by atoms with Crippen LogP contribution in [0.15, 0.2) is 6.07 Å². The minimum atomic E-state index is 0.360. The van der Waals surface area contributed by atoms with Crippen LogP contribution in [-0.4, -0.2) is 16.5 Å². The van der Waals surface area contributed by atoms with E-state index < -0.39 is 0 Å². The Labute approximate surface area is 117 Å². The fourth-order valence-electron chi connectivity index (χ4n) is 2.55. The molecule has 0 bridgehead atoms. The average Bonchev–Trinajstić information content (AvgIpc) is 2.76. The summed E-state index contributed by atoms with van der Waals surface area (Å²) < 4.78 is 0. The topological polar surface area (TPSA) is 63.8 Å². The van der Waals surface area contributed by atoms with E-state index in [-0.39, 0.29) is 0 Å². The van der Waals surface area contributed by atoms with E-state index in [1.165, 1.54) is 24.1 Å². The molecule has 0 aliphatic heterocycles. The summed E-state index contributed by atoms with van der Waals surface area (Å²) in [5.41, 5.74) is 6.23. The van der Waals surface area contributed by atoms with Crippen LogP contribution >= 0.6 is 11.3 Å². The molecular weight excluding hydrogens is 256 g/mol. The van der Waals surface area contributed by atoms with Crippen LogP contribution in [0.1, 0.15) is 38.0 Å². The molecule has 1 aliphatic rings. The fraction of sp³-hybridized carbons (Fsp3) is 0.571. The summed E-state index contributed by atoms with van der Waals surface area (Å²) in [6, 6.07) is 2.19. The van der Waals surface area contributed by atoms with Crippen molar-refractivity contribution in [2.75, 3.05) is 17.6 Å². The highest BCUT2D eigenvalue weighted by molar-refractivity contribution is 7.18. The summed E-state index contributed by atoms with van der Waals surface area (Å²) in [7, 11) is 0. The first-order chi connectivity index (χ1) is 9.09. The molecule has 3 N–H and O–H groups in total. The maximum Gasteiger partial charge on any atom is 0.223 e. The van der Waals surface area contributed by atoms with E-state index in [0.29, 0.717) is 11.4 Å². The summed E-state index contributed by atoms with van der Waals surface area (Å²) >= 11 is 1.71. The second kappa shape index (κ2) is 4.63. The van der Waals surface area contributed by atoms with Gasteiger partial charge < -0.3 is 11.1 Å². The van der Waals surface area contributed by atoms with Gasteiger partial charge in [-0.1, -0.05) is 20.3 Å². The van der Waals surface area contributed by atoms with Crippen molar-refractivity contribution in [1.82, 2.24) is 9.97 Å². The van der Waals surface area contributed by atoms with Crippen molar-refractivity contribution in [3.05, 3.63) is 10.9 Å². The monoisotopic (exact) mass is 276 g/mol. The lowest BCUT2D eigenvalue weighted by Crippen LogP contribution is -2.33. The standard InChI is InChI=1S/C14H20N4S/c1-3-9-7-10-11(16-8-14(2)5-4-6-14)17-13(15)18-12(10)19-9/h7H,3-6,8H2,1-2H3,(H3,15,16,17,18). The Morgan fingerprint density at radius 3 is 2.84 bits per heavy atom. The van der Waals surface area contributed by atoms with Gasteiger partial charge in [-0.15, -0.1) is 11.3 Å². The molecule has 2 aromatic heterocycles. The third-order valence-electron chi connectivity index (χ3n) is 4.05. The molecule has 1 fully saturated rings. The smallest absolute Gasteiger partial charge is 0.223 e. The van der Waals surface area contributed by atoms with Gasteiger partial charge in [0.1, 0.15) is 10.6 Å². The third-order valence-corrected chi connectivity index (χ3v) is 5.23. The van der Waals surface area contributed by atoms with Crippen LogP contribution < -0.4 is 11.1 Å². The number of fused-ring (bicyclic) bond motifs is 1. The zero-order chi connectivity index (χ0) is 13.5. The largest absolute Gasteiger partial charge is 0.369 e. The van der Waals surface area contributed by atoms with Crippen molar-refractivity contribution in [3.8, 4) is 0 Å². The second-order valence-electron chi connectivity index (χ2n) is 5.73. The maximum atomic E-state index is 5.81. The van der Waals surface area contributed by atoms with Crippen LogP contribution in [-0.2, 0) is 6.42 Å². The number of nitrogens with one attached hydrogen (secondary N) is 1. The predicted octanol–water partition coefficient (Wildman–Crippen LogP) is 3.44. The van der Waals surface area contributed by atoms with Gasteiger partial charge in [-0.3, -0.25) is 0 Å². The highest BCUT2D eigenvalue weighted by Gasteiger charge is 2.31. The highest BCUT2D eigenvalue weighted by atomic mass is 32.1. The second-order valence-corrected chi connectivity index (χ2v) is 6.85. The Morgan fingerprint density at radius 2 is 2.21 bits per heavy atom. The molecule has 2 aromatic rings. The van der Waals surface area contributed by atoms with Crippen LogP contribution in [0.3, 0.4) is 0 Å². The molecule has 2 heterocycles. The van der Waals surface area contributed by atoms with E-state index in [1.54, 1.807) is 11.3 Å². The molecular formula is C14H20N4S. The molecule has 1 aliphatic carbocycles.